The molecule has 0 amide bonds. The molecule has 0 fully saturated rings. The van der Waals surface area contributed by atoms with E-state index in [0.717, 1.165) is 5.52 Å². The maximum absolute atomic E-state index is 4.41. The van der Waals surface area contributed by atoms with Crippen molar-refractivity contribution in [2.45, 2.75) is 0 Å². The van der Waals surface area contributed by atoms with Gasteiger partial charge in [-0.05, 0) is 11.5 Å². The van der Waals surface area contributed by atoms with Crippen molar-refractivity contribution in [3.63, 3.8) is 0 Å². The van der Waals surface area contributed by atoms with Crippen LogP contribution in [0.2, 0.25) is 0 Å². The molecule has 76 valence electrons. The van der Waals surface area contributed by atoms with Crippen LogP contribution in [-0.2, 0) is 17.4 Å². The summed E-state index contributed by atoms with van der Waals surface area (Å²) in [6.07, 6.45) is 1.84. The topological polar surface area (TPSA) is 12.9 Å². The van der Waals surface area contributed by atoms with Gasteiger partial charge >= 0.3 is 10.1 Å². The fourth-order valence-corrected chi connectivity index (χ4v) is 1.81. The van der Waals surface area contributed by atoms with E-state index in [0.29, 0.717) is 0 Å². The van der Waals surface area contributed by atoms with E-state index in [2.05, 4.69) is 47.4 Å². The van der Waals surface area contributed by atoms with Crippen LogP contribution in [0.4, 0.5) is 0 Å². The average Bonchev–Trinajstić information content (AvgIpc) is 2.29. The Morgan fingerprint density at radius 3 is 2.31 bits per heavy atom. The molecule has 3 aromatic rings. The van der Waals surface area contributed by atoms with Crippen molar-refractivity contribution in [3.05, 3.63) is 54.7 Å². The normalized spacial score (nSPS) is 9.50. The number of nitrogens with zero attached hydrogens (tertiary/aromatic N) is 1. The molecule has 0 radical (unpaired) electrons. The number of hydrogen-bond donors (Lipinski definition) is 0. The first-order valence-electron chi connectivity index (χ1n) is 4.68. The molecule has 0 N–H and O–H groups in total. The van der Waals surface area contributed by atoms with Crippen molar-refractivity contribution in [2.75, 3.05) is 0 Å². The van der Waals surface area contributed by atoms with Crippen LogP contribution in [0.15, 0.2) is 54.7 Å². The third kappa shape index (κ3) is 2.01. The molecule has 1 aromatic heterocycles. The summed E-state index contributed by atoms with van der Waals surface area (Å²) in [5, 5.41) is 3.68. The number of benzene rings is 2. The fourth-order valence-electron chi connectivity index (χ4n) is 1.81. The number of aromatic nitrogens is 1. The third-order valence-corrected chi connectivity index (χ3v) is 2.50. The Balaban J connectivity index is 0.000000640. The second-order valence-corrected chi connectivity index (χ2v) is 3.36. The smallest absolute Gasteiger partial charge is 0.0780 e. The summed E-state index contributed by atoms with van der Waals surface area (Å²) in [5.41, 5.74) is 1.09. The van der Waals surface area contributed by atoms with Crippen molar-refractivity contribution in [1.29, 1.82) is 0 Å². The SMILES string of the molecule is [BeH2].[Cr].c1ccc2c(c1)ccc1cccnc12. The van der Waals surface area contributed by atoms with E-state index < -0.39 is 0 Å². The third-order valence-electron chi connectivity index (χ3n) is 2.50. The standard InChI is InChI=1S/C13H9N.Be.Cr.2H/c1-2-6-12-10(4-1)7-8-11-5-3-9-14-13(11)12;;;;/h1-9H;;;;. The van der Waals surface area contributed by atoms with Gasteiger partial charge in [-0.2, -0.15) is 0 Å². The Kier molecular flexibility index (Phi) is 4.21. The Morgan fingerprint density at radius 1 is 0.750 bits per heavy atom. The molecule has 0 saturated carbocycles. The molecule has 3 heteroatoms. The number of pyridine rings is 1. The van der Waals surface area contributed by atoms with Crippen molar-refractivity contribution >= 4 is 31.8 Å². The van der Waals surface area contributed by atoms with Gasteiger partial charge in [0.05, 0.1) is 5.52 Å². The summed E-state index contributed by atoms with van der Waals surface area (Å²) in [4.78, 5) is 4.41. The largest absolute Gasteiger partial charge is 0.256 e. The van der Waals surface area contributed by atoms with E-state index in [1.165, 1.54) is 16.2 Å². The van der Waals surface area contributed by atoms with Gasteiger partial charge in [-0.25, -0.2) is 0 Å². The molecule has 2 aromatic carbocycles. The summed E-state index contributed by atoms with van der Waals surface area (Å²) < 4.78 is 0. The van der Waals surface area contributed by atoms with Crippen LogP contribution < -0.4 is 0 Å². The van der Waals surface area contributed by atoms with Crippen LogP contribution in [0.1, 0.15) is 0 Å². The van der Waals surface area contributed by atoms with Gasteiger partial charge in [0.2, 0.25) is 0 Å². The molecule has 0 aliphatic heterocycles. The van der Waals surface area contributed by atoms with Crippen molar-refractivity contribution < 1.29 is 17.4 Å². The van der Waals surface area contributed by atoms with Gasteiger partial charge in [0.25, 0.3) is 0 Å². The van der Waals surface area contributed by atoms with Gasteiger partial charge < -0.3 is 0 Å². The van der Waals surface area contributed by atoms with Gasteiger partial charge in [-0.3, -0.25) is 4.98 Å². The molecule has 0 unspecified atom stereocenters. The van der Waals surface area contributed by atoms with E-state index in [1.807, 2.05) is 12.3 Å². The minimum Gasteiger partial charge on any atom is -0.256 e. The molecule has 0 aliphatic rings. The minimum atomic E-state index is 0. The first kappa shape index (κ1) is 12.9. The molecule has 1 heterocycles. The van der Waals surface area contributed by atoms with Gasteiger partial charge in [0.15, 0.2) is 0 Å². The van der Waals surface area contributed by atoms with Crippen LogP contribution in [0.5, 0.6) is 0 Å². The Morgan fingerprint density at radius 2 is 1.44 bits per heavy atom. The van der Waals surface area contributed by atoms with Crippen LogP contribution in [0, 0.1) is 0 Å². The van der Waals surface area contributed by atoms with Gasteiger partial charge in [0.1, 0.15) is 0 Å². The zero-order valence-corrected chi connectivity index (χ0v) is 9.33. The fraction of sp³-hybridized carbons (Fsp3) is 0. The summed E-state index contributed by atoms with van der Waals surface area (Å²) in [6, 6.07) is 16.7. The van der Waals surface area contributed by atoms with E-state index in [-0.39, 0.29) is 27.5 Å². The summed E-state index contributed by atoms with van der Waals surface area (Å²) in [6.45, 7) is 0. The Hall–Kier alpha value is -1.19. The predicted molar refractivity (Wildman–Crippen MR) is 67.8 cm³/mol. The minimum absolute atomic E-state index is 0. The van der Waals surface area contributed by atoms with E-state index in [9.17, 15) is 0 Å². The van der Waals surface area contributed by atoms with E-state index >= 15 is 0 Å². The van der Waals surface area contributed by atoms with Crippen LogP contribution >= 0.6 is 0 Å². The average molecular weight is 242 g/mol. The zero-order chi connectivity index (χ0) is 9.38. The maximum atomic E-state index is 4.41. The molecule has 16 heavy (non-hydrogen) atoms. The van der Waals surface area contributed by atoms with Crippen LogP contribution in [-0.4, -0.2) is 15.1 Å². The summed E-state index contributed by atoms with van der Waals surface area (Å²) in [7, 11) is 0. The summed E-state index contributed by atoms with van der Waals surface area (Å²) >= 11 is 0. The molecule has 0 atom stereocenters. The molecule has 0 bridgehead atoms. The van der Waals surface area contributed by atoms with Crippen LogP contribution in [0.25, 0.3) is 21.7 Å². The predicted octanol–water partition coefficient (Wildman–Crippen LogP) is 2.47. The monoisotopic (exact) mass is 242 g/mol. The second-order valence-electron chi connectivity index (χ2n) is 3.36. The number of hydrogen-bond acceptors (Lipinski definition) is 1. The first-order chi connectivity index (χ1) is 6.95. The first-order valence-corrected chi connectivity index (χ1v) is 4.68. The molecular weight excluding hydrogens is 231 g/mol. The zero-order valence-electron chi connectivity index (χ0n) is 8.05. The van der Waals surface area contributed by atoms with Gasteiger partial charge in [-0.1, -0.05) is 42.5 Å². The van der Waals surface area contributed by atoms with Crippen molar-refractivity contribution in [3.8, 4) is 0 Å². The molecule has 3 rings (SSSR count). The van der Waals surface area contributed by atoms with E-state index in [4.69, 9.17) is 0 Å². The quantitative estimate of drug-likeness (QED) is 0.436. The Labute approximate surface area is 109 Å². The summed E-state index contributed by atoms with van der Waals surface area (Å²) in [5.74, 6) is 0. The molecule has 0 saturated heterocycles. The maximum Gasteiger partial charge on any atom is 0.0780 e. The molecular formula is C13H11BeCrN. The molecule has 1 nitrogen and oxygen atoms in total. The number of fused-ring (bicyclic) bond motifs is 3. The number of rotatable bonds is 0. The van der Waals surface area contributed by atoms with E-state index in [1.54, 1.807) is 0 Å². The Bertz CT molecular complexity index is 555. The van der Waals surface area contributed by atoms with Crippen molar-refractivity contribution in [1.82, 2.24) is 4.98 Å². The van der Waals surface area contributed by atoms with Crippen molar-refractivity contribution in [2.24, 2.45) is 0 Å². The van der Waals surface area contributed by atoms with Gasteiger partial charge in [0, 0.05) is 34.3 Å². The molecule has 0 aliphatic carbocycles. The van der Waals surface area contributed by atoms with Gasteiger partial charge in [-0.15, -0.1) is 0 Å². The van der Waals surface area contributed by atoms with Crippen LogP contribution in [0.3, 0.4) is 0 Å². The second kappa shape index (κ2) is 5.23. The molecule has 0 spiro atoms.